The van der Waals surface area contributed by atoms with Crippen LogP contribution in [0.25, 0.3) is 27.7 Å². The molecule has 2 N–H and O–H groups in total. The monoisotopic (exact) mass is 425 g/mol. The van der Waals surface area contributed by atoms with Crippen LogP contribution in [-0.2, 0) is 19.6 Å². The average molecular weight is 425 g/mol. The van der Waals surface area contributed by atoms with E-state index >= 15 is 0 Å². The Bertz CT molecular complexity index is 1400. The number of hydrogen-bond donors (Lipinski definition) is 2. The van der Waals surface area contributed by atoms with Crippen LogP contribution in [0.15, 0.2) is 72.8 Å². The van der Waals surface area contributed by atoms with Gasteiger partial charge in [-0.2, -0.15) is 0 Å². The molecule has 160 valence electrons. The third-order valence-electron chi connectivity index (χ3n) is 6.00. The van der Waals surface area contributed by atoms with Crippen molar-refractivity contribution in [2.45, 2.75) is 26.6 Å². The molecule has 32 heavy (non-hydrogen) atoms. The van der Waals surface area contributed by atoms with Crippen LogP contribution >= 0.6 is 0 Å². The molecule has 3 aromatic heterocycles. The topological polar surface area (TPSA) is 71.2 Å². The molecule has 0 amide bonds. The number of aromatic nitrogens is 1. The first-order chi connectivity index (χ1) is 15.6. The van der Waals surface area contributed by atoms with Gasteiger partial charge in [0.05, 0.1) is 28.7 Å². The summed E-state index contributed by atoms with van der Waals surface area (Å²) in [6.45, 7) is 2.47. The molecule has 5 aromatic rings. The number of pyridine rings is 1. The molecule has 0 saturated carbocycles. The summed E-state index contributed by atoms with van der Waals surface area (Å²) in [6.07, 6.45) is 0.762. The molecule has 2 aromatic carbocycles. The SMILES string of the molecule is CCc1c(-c2ccc(OCc3ccccc3)cc2)c2cc(C(=O)O)c3ccc(CO)c1n32. The van der Waals surface area contributed by atoms with Crippen LogP contribution in [0.2, 0.25) is 0 Å². The van der Waals surface area contributed by atoms with E-state index in [4.69, 9.17) is 4.74 Å². The Morgan fingerprint density at radius 3 is 2.38 bits per heavy atom. The molecule has 0 spiro atoms. The van der Waals surface area contributed by atoms with Crippen molar-refractivity contribution in [2.24, 2.45) is 0 Å². The summed E-state index contributed by atoms with van der Waals surface area (Å²) in [5.41, 5.74) is 7.64. The zero-order valence-corrected chi connectivity index (χ0v) is 17.7. The summed E-state index contributed by atoms with van der Waals surface area (Å²) in [7, 11) is 0. The smallest absolute Gasteiger partial charge is 0.337 e. The Morgan fingerprint density at radius 2 is 1.72 bits per heavy atom. The van der Waals surface area contributed by atoms with Gasteiger partial charge in [0.2, 0.25) is 0 Å². The molecule has 0 aliphatic heterocycles. The Hall–Kier alpha value is -3.83. The van der Waals surface area contributed by atoms with Crippen LogP contribution in [0.4, 0.5) is 0 Å². The molecular formula is C27H23NO4. The lowest BCUT2D eigenvalue weighted by atomic mass is 9.98. The molecule has 0 aliphatic rings. The first kappa shape index (κ1) is 20.1. The molecule has 0 fully saturated rings. The number of aliphatic hydroxyl groups is 1. The van der Waals surface area contributed by atoms with Gasteiger partial charge in [0, 0.05) is 11.1 Å². The molecule has 0 unspecified atom stereocenters. The van der Waals surface area contributed by atoms with Crippen molar-refractivity contribution in [1.29, 1.82) is 0 Å². The van der Waals surface area contributed by atoms with Crippen LogP contribution < -0.4 is 4.74 Å². The van der Waals surface area contributed by atoms with E-state index < -0.39 is 5.97 Å². The number of aryl methyl sites for hydroxylation is 1. The largest absolute Gasteiger partial charge is 0.489 e. The number of nitrogens with zero attached hydrogens (tertiary/aromatic N) is 1. The number of carbonyl (C=O) groups is 1. The fourth-order valence-corrected chi connectivity index (χ4v) is 4.54. The van der Waals surface area contributed by atoms with Crippen molar-refractivity contribution in [1.82, 2.24) is 4.40 Å². The van der Waals surface area contributed by atoms with Crippen LogP contribution in [0.1, 0.15) is 34.0 Å². The summed E-state index contributed by atoms with van der Waals surface area (Å²) >= 11 is 0. The third kappa shape index (κ3) is 3.18. The lowest BCUT2D eigenvalue weighted by Gasteiger charge is -2.09. The van der Waals surface area contributed by atoms with Gasteiger partial charge in [0.15, 0.2) is 0 Å². The summed E-state index contributed by atoms with van der Waals surface area (Å²) in [4.78, 5) is 11.9. The van der Waals surface area contributed by atoms with Crippen LogP contribution in [-0.4, -0.2) is 20.6 Å². The molecule has 5 nitrogen and oxygen atoms in total. The number of benzene rings is 2. The summed E-state index contributed by atoms with van der Waals surface area (Å²) in [5.74, 6) is -0.185. The molecule has 3 heterocycles. The third-order valence-corrected chi connectivity index (χ3v) is 6.00. The van der Waals surface area contributed by atoms with Gasteiger partial charge in [0.25, 0.3) is 0 Å². The predicted molar refractivity (Wildman–Crippen MR) is 125 cm³/mol. The fourth-order valence-electron chi connectivity index (χ4n) is 4.54. The Morgan fingerprint density at radius 1 is 0.969 bits per heavy atom. The van der Waals surface area contributed by atoms with Crippen molar-refractivity contribution < 1.29 is 19.7 Å². The quantitative estimate of drug-likeness (QED) is 0.360. The highest BCUT2D eigenvalue weighted by Gasteiger charge is 2.24. The Kier molecular flexibility index (Phi) is 5.04. The molecular weight excluding hydrogens is 402 g/mol. The number of aromatic carboxylic acids is 1. The van der Waals surface area contributed by atoms with Crippen LogP contribution in [0, 0.1) is 0 Å². The van der Waals surface area contributed by atoms with E-state index in [1.807, 2.05) is 65.1 Å². The molecule has 0 radical (unpaired) electrons. The summed E-state index contributed by atoms with van der Waals surface area (Å²) in [6, 6.07) is 23.2. The van der Waals surface area contributed by atoms with E-state index in [-0.39, 0.29) is 12.2 Å². The zero-order valence-electron chi connectivity index (χ0n) is 17.7. The van der Waals surface area contributed by atoms with Crippen molar-refractivity contribution in [2.75, 3.05) is 0 Å². The highest BCUT2D eigenvalue weighted by atomic mass is 16.5. The number of carboxylic acids is 1. The van der Waals surface area contributed by atoms with E-state index in [1.54, 1.807) is 12.1 Å². The average Bonchev–Trinajstić information content (AvgIpc) is 3.37. The molecule has 0 aliphatic carbocycles. The van der Waals surface area contributed by atoms with E-state index in [1.165, 1.54) is 0 Å². The second-order valence-electron chi connectivity index (χ2n) is 7.84. The van der Waals surface area contributed by atoms with E-state index in [0.29, 0.717) is 12.1 Å². The lowest BCUT2D eigenvalue weighted by molar-refractivity contribution is 0.0699. The maximum Gasteiger partial charge on any atom is 0.337 e. The molecule has 0 saturated heterocycles. The van der Waals surface area contributed by atoms with Gasteiger partial charge in [-0.3, -0.25) is 0 Å². The van der Waals surface area contributed by atoms with Crippen molar-refractivity contribution in [3.05, 3.63) is 95.1 Å². The van der Waals surface area contributed by atoms with E-state index in [9.17, 15) is 15.0 Å². The van der Waals surface area contributed by atoms with Gasteiger partial charge in [0.1, 0.15) is 12.4 Å². The molecule has 0 atom stereocenters. The molecule has 0 bridgehead atoms. The highest BCUT2D eigenvalue weighted by molar-refractivity contribution is 6.05. The van der Waals surface area contributed by atoms with Crippen molar-refractivity contribution >= 4 is 22.5 Å². The fraction of sp³-hybridized carbons (Fsp3) is 0.148. The number of carboxylic acid groups (broad SMARTS) is 1. The Labute approximate surface area is 185 Å². The predicted octanol–water partition coefficient (Wildman–Crippen LogP) is 5.53. The second-order valence-corrected chi connectivity index (χ2v) is 7.84. The van der Waals surface area contributed by atoms with Crippen LogP contribution in [0.5, 0.6) is 5.75 Å². The zero-order chi connectivity index (χ0) is 22.2. The van der Waals surface area contributed by atoms with Gasteiger partial charge < -0.3 is 19.4 Å². The van der Waals surface area contributed by atoms with Gasteiger partial charge in [-0.05, 0) is 47.4 Å². The number of hydrogen-bond acceptors (Lipinski definition) is 3. The maximum absolute atomic E-state index is 11.9. The minimum Gasteiger partial charge on any atom is -0.489 e. The second kappa shape index (κ2) is 8.02. The normalized spacial score (nSPS) is 11.4. The number of aliphatic hydroxyl groups excluding tert-OH is 1. The molecule has 5 rings (SSSR count). The summed E-state index contributed by atoms with van der Waals surface area (Å²) < 4.78 is 7.90. The summed E-state index contributed by atoms with van der Waals surface area (Å²) in [5, 5.41) is 19.7. The van der Waals surface area contributed by atoms with Gasteiger partial charge >= 0.3 is 5.97 Å². The molecule has 5 heteroatoms. The minimum absolute atomic E-state index is 0.103. The van der Waals surface area contributed by atoms with Crippen LogP contribution in [0.3, 0.4) is 0 Å². The number of ether oxygens (including phenoxy) is 1. The first-order valence-corrected chi connectivity index (χ1v) is 10.6. The van der Waals surface area contributed by atoms with Gasteiger partial charge in [-0.15, -0.1) is 0 Å². The first-order valence-electron chi connectivity index (χ1n) is 10.6. The van der Waals surface area contributed by atoms with Gasteiger partial charge in [-0.1, -0.05) is 55.5 Å². The van der Waals surface area contributed by atoms with Gasteiger partial charge in [-0.25, -0.2) is 4.79 Å². The van der Waals surface area contributed by atoms with E-state index in [2.05, 4.69) is 6.92 Å². The Balaban J connectivity index is 1.60. The minimum atomic E-state index is -0.958. The van der Waals surface area contributed by atoms with Crippen molar-refractivity contribution in [3.8, 4) is 16.9 Å². The number of rotatable bonds is 7. The maximum atomic E-state index is 11.9. The lowest BCUT2D eigenvalue weighted by Crippen LogP contribution is -1.98. The standard InChI is InChI=1S/C27H23NO4/c1-2-21-25(18-8-11-20(12-9-18)32-16-17-6-4-3-5-7-17)24-14-22(27(30)31)23-13-10-19(15-29)26(21)28(23)24/h3-14,29H,2,15-16H2,1H3,(H,30,31). The highest BCUT2D eigenvalue weighted by Crippen LogP contribution is 2.40. The van der Waals surface area contributed by atoms with E-state index in [0.717, 1.165) is 51.0 Å². The van der Waals surface area contributed by atoms with Crippen molar-refractivity contribution in [3.63, 3.8) is 0 Å².